The lowest BCUT2D eigenvalue weighted by Gasteiger charge is -2.36. The van der Waals surface area contributed by atoms with Crippen LogP contribution in [0, 0.1) is 0 Å². The van der Waals surface area contributed by atoms with Gasteiger partial charge in [-0.3, -0.25) is 4.79 Å². The Balaban J connectivity index is 1.54. The molecule has 3 aromatic heterocycles. The lowest BCUT2D eigenvalue weighted by atomic mass is 10.2. The number of aromatic nitrogens is 5. The van der Waals surface area contributed by atoms with Gasteiger partial charge in [0.15, 0.2) is 5.65 Å². The first kappa shape index (κ1) is 16.4. The zero-order valence-electron chi connectivity index (χ0n) is 14.9. The van der Waals surface area contributed by atoms with E-state index in [-0.39, 0.29) is 11.6 Å². The van der Waals surface area contributed by atoms with Crippen molar-refractivity contribution < 1.29 is 0 Å². The molecule has 1 fully saturated rings. The van der Waals surface area contributed by atoms with Crippen LogP contribution in [-0.2, 0) is 0 Å². The molecule has 8 nitrogen and oxygen atoms in total. The van der Waals surface area contributed by atoms with Gasteiger partial charge in [-0.1, -0.05) is 0 Å². The molecule has 1 aliphatic rings. The van der Waals surface area contributed by atoms with Crippen LogP contribution in [0.3, 0.4) is 0 Å². The number of anilines is 2. The normalized spacial score (nSPS) is 15.0. The third-order valence-corrected chi connectivity index (χ3v) is 4.59. The maximum absolute atomic E-state index is 11.9. The number of piperazine rings is 1. The summed E-state index contributed by atoms with van der Waals surface area (Å²) in [6.07, 6.45) is 3.31. The second kappa shape index (κ2) is 6.70. The summed E-state index contributed by atoms with van der Waals surface area (Å²) in [6, 6.07) is 7.36. The number of nitrogens with zero attached hydrogens (tertiary/aromatic N) is 7. The highest BCUT2D eigenvalue weighted by Gasteiger charge is 2.21. The summed E-state index contributed by atoms with van der Waals surface area (Å²) in [5, 5.41) is 5.49. The number of fused-ring (bicyclic) bond motifs is 1. The van der Waals surface area contributed by atoms with Crippen LogP contribution in [-0.4, -0.2) is 50.9 Å². The molecule has 1 saturated heterocycles. The highest BCUT2D eigenvalue weighted by molar-refractivity contribution is 5.86. The maximum atomic E-state index is 11.9. The first-order valence-electron chi connectivity index (χ1n) is 8.79. The van der Waals surface area contributed by atoms with Crippen molar-refractivity contribution in [2.24, 2.45) is 0 Å². The van der Waals surface area contributed by atoms with Crippen LogP contribution in [0.25, 0.3) is 11.0 Å². The molecule has 0 bridgehead atoms. The standard InChI is InChI=1S/C18H21N7O/c1-13(2)25-16(26)6-5-15(22-25)23-8-10-24(11-9-23)18-14-4-3-7-19-17(14)20-12-21-18/h3-7,12-13H,8-11H2,1-2H3. The summed E-state index contributed by atoms with van der Waals surface area (Å²) in [7, 11) is 0. The highest BCUT2D eigenvalue weighted by atomic mass is 16.1. The van der Waals surface area contributed by atoms with Crippen LogP contribution in [0.2, 0.25) is 0 Å². The molecule has 0 amide bonds. The number of hydrogen-bond acceptors (Lipinski definition) is 7. The molecular weight excluding hydrogens is 330 g/mol. The Morgan fingerprint density at radius 1 is 0.962 bits per heavy atom. The van der Waals surface area contributed by atoms with Crippen LogP contribution in [0.5, 0.6) is 0 Å². The molecule has 8 heteroatoms. The smallest absolute Gasteiger partial charge is 0.267 e. The highest BCUT2D eigenvalue weighted by Crippen LogP contribution is 2.23. The maximum Gasteiger partial charge on any atom is 0.267 e. The van der Waals surface area contributed by atoms with Gasteiger partial charge in [0, 0.05) is 38.4 Å². The van der Waals surface area contributed by atoms with Crippen molar-refractivity contribution in [3.8, 4) is 0 Å². The summed E-state index contributed by atoms with van der Waals surface area (Å²) in [4.78, 5) is 29.4. The minimum absolute atomic E-state index is 0.0450. The Morgan fingerprint density at radius 3 is 2.50 bits per heavy atom. The molecule has 4 heterocycles. The lowest BCUT2D eigenvalue weighted by Crippen LogP contribution is -2.47. The van der Waals surface area contributed by atoms with Gasteiger partial charge in [-0.2, -0.15) is 5.10 Å². The minimum atomic E-state index is -0.0673. The summed E-state index contributed by atoms with van der Waals surface area (Å²) < 4.78 is 1.53. The molecule has 0 atom stereocenters. The Bertz CT molecular complexity index is 971. The first-order chi connectivity index (χ1) is 12.6. The molecule has 26 heavy (non-hydrogen) atoms. The molecule has 0 N–H and O–H groups in total. The fourth-order valence-corrected chi connectivity index (χ4v) is 3.24. The SMILES string of the molecule is CC(C)n1nc(N2CCN(c3ncnc4ncccc34)CC2)ccc1=O. The van der Waals surface area contributed by atoms with E-state index >= 15 is 0 Å². The third-order valence-electron chi connectivity index (χ3n) is 4.59. The van der Waals surface area contributed by atoms with Crippen LogP contribution in [0.15, 0.2) is 41.6 Å². The molecule has 134 valence electrons. The fraction of sp³-hybridized carbons (Fsp3) is 0.389. The van der Waals surface area contributed by atoms with E-state index in [0.29, 0.717) is 5.65 Å². The zero-order chi connectivity index (χ0) is 18.1. The first-order valence-corrected chi connectivity index (χ1v) is 8.79. The molecule has 3 aromatic rings. The molecule has 0 spiro atoms. The van der Waals surface area contributed by atoms with Gasteiger partial charge in [0.2, 0.25) is 0 Å². The Hall–Kier alpha value is -3.03. The quantitative estimate of drug-likeness (QED) is 0.707. The van der Waals surface area contributed by atoms with Gasteiger partial charge in [0.05, 0.1) is 11.4 Å². The van der Waals surface area contributed by atoms with Crippen molar-refractivity contribution >= 4 is 22.7 Å². The van der Waals surface area contributed by atoms with E-state index in [2.05, 4.69) is 29.9 Å². The van der Waals surface area contributed by atoms with Gasteiger partial charge >= 0.3 is 0 Å². The molecule has 0 saturated carbocycles. The van der Waals surface area contributed by atoms with Gasteiger partial charge < -0.3 is 9.80 Å². The van der Waals surface area contributed by atoms with E-state index in [1.54, 1.807) is 24.7 Å². The van der Waals surface area contributed by atoms with E-state index in [4.69, 9.17) is 0 Å². The fourth-order valence-electron chi connectivity index (χ4n) is 3.24. The predicted molar refractivity (Wildman–Crippen MR) is 101 cm³/mol. The van der Waals surface area contributed by atoms with Crippen molar-refractivity contribution in [2.45, 2.75) is 19.9 Å². The summed E-state index contributed by atoms with van der Waals surface area (Å²) in [5.41, 5.74) is 0.646. The topological polar surface area (TPSA) is 80.0 Å². The Labute approximate surface area is 151 Å². The van der Waals surface area contributed by atoms with Crippen molar-refractivity contribution in [3.05, 3.63) is 47.1 Å². The summed E-state index contributed by atoms with van der Waals surface area (Å²) in [5.74, 6) is 1.76. The molecule has 0 aliphatic carbocycles. The Kier molecular flexibility index (Phi) is 4.24. The van der Waals surface area contributed by atoms with Crippen molar-refractivity contribution in [2.75, 3.05) is 36.0 Å². The van der Waals surface area contributed by atoms with Crippen molar-refractivity contribution in [3.63, 3.8) is 0 Å². The van der Waals surface area contributed by atoms with Gasteiger partial charge in [-0.15, -0.1) is 0 Å². The third kappa shape index (κ3) is 2.98. The number of rotatable bonds is 3. The van der Waals surface area contributed by atoms with E-state index in [9.17, 15) is 4.79 Å². The zero-order valence-corrected chi connectivity index (χ0v) is 14.9. The number of pyridine rings is 1. The second-order valence-electron chi connectivity index (χ2n) is 6.61. The second-order valence-corrected chi connectivity index (χ2v) is 6.61. The van der Waals surface area contributed by atoms with Crippen LogP contribution in [0.4, 0.5) is 11.6 Å². The van der Waals surface area contributed by atoms with Gasteiger partial charge in [0.1, 0.15) is 18.0 Å². The van der Waals surface area contributed by atoms with Gasteiger partial charge in [-0.05, 0) is 32.0 Å². The van der Waals surface area contributed by atoms with Gasteiger partial charge in [-0.25, -0.2) is 19.6 Å². The Morgan fingerprint density at radius 2 is 1.73 bits per heavy atom. The van der Waals surface area contributed by atoms with E-state index in [0.717, 1.165) is 43.2 Å². The monoisotopic (exact) mass is 351 g/mol. The van der Waals surface area contributed by atoms with Gasteiger partial charge in [0.25, 0.3) is 5.56 Å². The molecule has 0 unspecified atom stereocenters. The largest absolute Gasteiger partial charge is 0.352 e. The predicted octanol–water partition coefficient (Wildman–Crippen LogP) is 1.49. The summed E-state index contributed by atoms with van der Waals surface area (Å²) in [6.45, 7) is 7.20. The van der Waals surface area contributed by atoms with Crippen LogP contribution in [0.1, 0.15) is 19.9 Å². The summed E-state index contributed by atoms with van der Waals surface area (Å²) >= 11 is 0. The van der Waals surface area contributed by atoms with Crippen LogP contribution < -0.4 is 15.4 Å². The van der Waals surface area contributed by atoms with E-state index in [1.807, 2.05) is 26.0 Å². The average Bonchev–Trinajstić information content (AvgIpc) is 2.68. The molecule has 4 rings (SSSR count). The lowest BCUT2D eigenvalue weighted by molar-refractivity contribution is 0.497. The van der Waals surface area contributed by atoms with Crippen molar-refractivity contribution in [1.29, 1.82) is 0 Å². The van der Waals surface area contributed by atoms with E-state index in [1.165, 1.54) is 4.68 Å². The molecular formula is C18H21N7O. The van der Waals surface area contributed by atoms with Crippen molar-refractivity contribution in [1.82, 2.24) is 24.7 Å². The minimum Gasteiger partial charge on any atom is -0.352 e. The number of hydrogen-bond donors (Lipinski definition) is 0. The average molecular weight is 351 g/mol. The molecule has 0 radical (unpaired) electrons. The molecule has 0 aromatic carbocycles. The molecule has 1 aliphatic heterocycles. The van der Waals surface area contributed by atoms with Crippen LogP contribution >= 0.6 is 0 Å². The van der Waals surface area contributed by atoms with E-state index < -0.39 is 0 Å².